The van der Waals surface area contributed by atoms with Gasteiger partial charge in [-0.3, -0.25) is 14.5 Å². The van der Waals surface area contributed by atoms with Crippen LogP contribution in [0.4, 0.5) is 0 Å². The van der Waals surface area contributed by atoms with Crippen LogP contribution in [0.3, 0.4) is 0 Å². The minimum atomic E-state index is -0.0816. The molecule has 0 bridgehead atoms. The van der Waals surface area contributed by atoms with Crippen molar-refractivity contribution in [1.29, 1.82) is 0 Å². The molecule has 1 fully saturated rings. The normalized spacial score (nSPS) is 15.8. The summed E-state index contributed by atoms with van der Waals surface area (Å²) in [5.41, 5.74) is 2.18. The van der Waals surface area contributed by atoms with Gasteiger partial charge in [-0.1, -0.05) is 67.6 Å². The maximum atomic E-state index is 12.9. The Morgan fingerprint density at radius 2 is 1.54 bits per heavy atom. The lowest BCUT2D eigenvalue weighted by molar-refractivity contribution is -0.135. The van der Waals surface area contributed by atoms with Crippen LogP contribution < -0.4 is 5.32 Å². The van der Waals surface area contributed by atoms with Crippen molar-refractivity contribution in [3.05, 3.63) is 71.8 Å². The maximum Gasteiger partial charge on any atom is 0.234 e. The summed E-state index contributed by atoms with van der Waals surface area (Å²) in [5.74, 6) is 0.142. The summed E-state index contributed by atoms with van der Waals surface area (Å²) in [6, 6.07) is 19.9. The zero-order valence-electron chi connectivity index (χ0n) is 16.5. The topological polar surface area (TPSA) is 52.7 Å². The number of nitrogens with one attached hydrogen (secondary N) is 1. The van der Waals surface area contributed by atoms with Gasteiger partial charge in [-0.15, -0.1) is 0 Å². The van der Waals surface area contributed by atoms with Crippen molar-refractivity contribution in [3.63, 3.8) is 0 Å². The summed E-state index contributed by atoms with van der Waals surface area (Å²) in [6.45, 7) is 5.80. The van der Waals surface area contributed by atoms with Gasteiger partial charge in [0, 0.05) is 32.7 Å². The van der Waals surface area contributed by atoms with Crippen LogP contribution in [0, 0.1) is 0 Å². The number of nitrogens with zero attached hydrogens (tertiary/aromatic N) is 2. The van der Waals surface area contributed by atoms with Crippen LogP contribution in [0.25, 0.3) is 0 Å². The molecular weight excluding hydrogens is 350 g/mol. The zero-order chi connectivity index (χ0) is 19.8. The summed E-state index contributed by atoms with van der Waals surface area (Å²) in [4.78, 5) is 29.2. The van der Waals surface area contributed by atoms with Gasteiger partial charge in [0.2, 0.25) is 11.8 Å². The molecule has 2 aromatic carbocycles. The Hall–Kier alpha value is -2.66. The van der Waals surface area contributed by atoms with E-state index in [1.54, 1.807) is 0 Å². The number of hydrogen-bond acceptors (Lipinski definition) is 3. The molecule has 2 amide bonds. The Morgan fingerprint density at radius 3 is 2.14 bits per heavy atom. The van der Waals surface area contributed by atoms with E-state index in [1.807, 2.05) is 65.6 Å². The maximum absolute atomic E-state index is 12.9. The number of carbonyl (C=O) groups excluding carboxylic acids is 2. The summed E-state index contributed by atoms with van der Waals surface area (Å²) in [7, 11) is 0. The van der Waals surface area contributed by atoms with Crippen molar-refractivity contribution in [3.8, 4) is 0 Å². The fourth-order valence-corrected chi connectivity index (χ4v) is 3.64. The zero-order valence-corrected chi connectivity index (χ0v) is 16.5. The van der Waals surface area contributed by atoms with Crippen LogP contribution in [0.5, 0.6) is 0 Å². The summed E-state index contributed by atoms with van der Waals surface area (Å²) in [6.07, 6.45) is 0.797. The molecule has 5 heteroatoms. The van der Waals surface area contributed by atoms with Gasteiger partial charge < -0.3 is 10.2 Å². The van der Waals surface area contributed by atoms with Crippen LogP contribution in [-0.2, 0) is 16.1 Å². The average Bonchev–Trinajstić information content (AvgIpc) is 2.75. The van der Waals surface area contributed by atoms with Gasteiger partial charge in [0.25, 0.3) is 0 Å². The molecule has 1 heterocycles. The second kappa shape index (κ2) is 10.0. The van der Waals surface area contributed by atoms with Gasteiger partial charge >= 0.3 is 0 Å². The van der Waals surface area contributed by atoms with E-state index in [1.165, 1.54) is 0 Å². The van der Waals surface area contributed by atoms with E-state index in [-0.39, 0.29) is 17.7 Å². The number of amides is 2. The SMILES string of the molecule is CCC(C(=O)N1CCN(CC(=O)NCc2ccccc2)CC1)c1ccccc1. The first-order chi connectivity index (χ1) is 13.7. The third-order valence-corrected chi connectivity index (χ3v) is 5.29. The predicted molar refractivity (Wildman–Crippen MR) is 111 cm³/mol. The molecule has 0 aromatic heterocycles. The molecule has 148 valence electrons. The van der Waals surface area contributed by atoms with Crippen LogP contribution in [-0.4, -0.2) is 54.3 Å². The lowest BCUT2D eigenvalue weighted by Gasteiger charge is -2.36. The van der Waals surface area contributed by atoms with Gasteiger partial charge in [-0.2, -0.15) is 0 Å². The first-order valence-electron chi connectivity index (χ1n) is 10.0. The van der Waals surface area contributed by atoms with Crippen molar-refractivity contribution in [2.45, 2.75) is 25.8 Å². The molecule has 2 aromatic rings. The predicted octanol–water partition coefficient (Wildman–Crippen LogP) is 2.64. The third kappa shape index (κ3) is 5.42. The van der Waals surface area contributed by atoms with Gasteiger partial charge in [-0.05, 0) is 17.5 Å². The second-order valence-electron chi connectivity index (χ2n) is 7.24. The van der Waals surface area contributed by atoms with E-state index in [2.05, 4.69) is 17.1 Å². The molecule has 0 spiro atoms. The molecule has 1 N–H and O–H groups in total. The Labute approximate surface area is 167 Å². The van der Waals surface area contributed by atoms with Gasteiger partial charge in [-0.25, -0.2) is 0 Å². The number of benzene rings is 2. The molecule has 0 radical (unpaired) electrons. The van der Waals surface area contributed by atoms with Crippen molar-refractivity contribution in [1.82, 2.24) is 15.1 Å². The van der Waals surface area contributed by atoms with Gasteiger partial charge in [0.05, 0.1) is 12.5 Å². The average molecular weight is 380 g/mol. The standard InChI is InChI=1S/C23H29N3O2/c1-2-21(20-11-7-4-8-12-20)23(28)26-15-13-25(14-16-26)18-22(27)24-17-19-9-5-3-6-10-19/h3-12,21H,2,13-18H2,1H3,(H,24,27). The fourth-order valence-electron chi connectivity index (χ4n) is 3.64. The third-order valence-electron chi connectivity index (χ3n) is 5.29. The molecule has 3 rings (SSSR count). The lowest BCUT2D eigenvalue weighted by Crippen LogP contribution is -2.52. The van der Waals surface area contributed by atoms with Crippen LogP contribution in [0.1, 0.15) is 30.4 Å². The molecule has 1 aliphatic rings. The van der Waals surface area contributed by atoms with E-state index in [9.17, 15) is 9.59 Å². The Morgan fingerprint density at radius 1 is 0.929 bits per heavy atom. The first-order valence-corrected chi connectivity index (χ1v) is 10.0. The largest absolute Gasteiger partial charge is 0.351 e. The molecule has 1 atom stereocenters. The Kier molecular flexibility index (Phi) is 7.20. The molecular formula is C23H29N3O2. The number of piperazine rings is 1. The lowest BCUT2D eigenvalue weighted by atomic mass is 9.95. The minimum absolute atomic E-state index is 0.0272. The summed E-state index contributed by atoms with van der Waals surface area (Å²) >= 11 is 0. The van der Waals surface area contributed by atoms with Crippen molar-refractivity contribution >= 4 is 11.8 Å². The first kappa shape index (κ1) is 20.1. The molecule has 1 saturated heterocycles. The van der Waals surface area contributed by atoms with Gasteiger partial charge in [0.15, 0.2) is 0 Å². The van der Waals surface area contributed by atoms with E-state index in [4.69, 9.17) is 0 Å². The fraction of sp³-hybridized carbons (Fsp3) is 0.391. The number of carbonyl (C=O) groups is 2. The van der Waals surface area contributed by atoms with E-state index in [0.29, 0.717) is 26.2 Å². The van der Waals surface area contributed by atoms with Crippen molar-refractivity contribution in [2.75, 3.05) is 32.7 Å². The van der Waals surface area contributed by atoms with Gasteiger partial charge in [0.1, 0.15) is 0 Å². The quantitative estimate of drug-likeness (QED) is 0.805. The Bertz CT molecular complexity index is 756. The molecule has 0 aliphatic carbocycles. The highest BCUT2D eigenvalue weighted by atomic mass is 16.2. The number of rotatable bonds is 7. The minimum Gasteiger partial charge on any atom is -0.351 e. The van der Waals surface area contributed by atoms with Crippen molar-refractivity contribution in [2.24, 2.45) is 0 Å². The highest BCUT2D eigenvalue weighted by molar-refractivity contribution is 5.84. The monoisotopic (exact) mass is 379 g/mol. The van der Waals surface area contributed by atoms with Crippen LogP contribution in [0.2, 0.25) is 0 Å². The second-order valence-corrected chi connectivity index (χ2v) is 7.24. The molecule has 28 heavy (non-hydrogen) atoms. The molecule has 5 nitrogen and oxygen atoms in total. The molecule has 1 aliphatic heterocycles. The van der Waals surface area contributed by atoms with Crippen molar-refractivity contribution < 1.29 is 9.59 Å². The van der Waals surface area contributed by atoms with Crippen LogP contribution >= 0.6 is 0 Å². The summed E-state index contributed by atoms with van der Waals surface area (Å²) in [5, 5.41) is 2.97. The van der Waals surface area contributed by atoms with E-state index >= 15 is 0 Å². The van der Waals surface area contributed by atoms with E-state index in [0.717, 1.165) is 30.6 Å². The highest BCUT2D eigenvalue weighted by Crippen LogP contribution is 2.22. The Balaban J connectivity index is 1.44. The highest BCUT2D eigenvalue weighted by Gasteiger charge is 2.27. The molecule has 0 saturated carbocycles. The van der Waals surface area contributed by atoms with E-state index < -0.39 is 0 Å². The smallest absolute Gasteiger partial charge is 0.234 e. The van der Waals surface area contributed by atoms with Crippen LogP contribution in [0.15, 0.2) is 60.7 Å². The molecule has 1 unspecified atom stereocenters. The number of hydrogen-bond donors (Lipinski definition) is 1. The summed E-state index contributed by atoms with van der Waals surface area (Å²) < 4.78 is 0.